The molecule has 4 heterocycles. The van der Waals surface area contributed by atoms with Crippen LogP contribution in [0.15, 0.2) is 18.2 Å². The van der Waals surface area contributed by atoms with Gasteiger partial charge in [0.15, 0.2) is 5.69 Å². The summed E-state index contributed by atoms with van der Waals surface area (Å²) in [6, 6.07) is 7.63. The molecule has 3 saturated heterocycles. The number of piperidine rings is 2. The summed E-state index contributed by atoms with van der Waals surface area (Å²) >= 11 is 0. The van der Waals surface area contributed by atoms with Gasteiger partial charge in [-0.25, -0.2) is 0 Å². The summed E-state index contributed by atoms with van der Waals surface area (Å²) in [6.07, 6.45) is 5.89. The number of morpholine rings is 1. The van der Waals surface area contributed by atoms with E-state index >= 15 is 0 Å². The lowest BCUT2D eigenvalue weighted by molar-refractivity contribution is 0.0462. The number of nitrogens with zero attached hydrogens (tertiary/aromatic N) is 3. The van der Waals surface area contributed by atoms with Gasteiger partial charge in [0, 0.05) is 42.3 Å². The van der Waals surface area contributed by atoms with E-state index in [2.05, 4.69) is 44.5 Å². The van der Waals surface area contributed by atoms with Crippen LogP contribution >= 0.6 is 0 Å². The number of fused-ring (bicyclic) bond motifs is 3. The average Bonchev–Trinajstić information content (AvgIpc) is 3.13. The molecule has 1 aromatic heterocycles. The van der Waals surface area contributed by atoms with Crippen molar-refractivity contribution in [1.82, 2.24) is 20.4 Å². The maximum Gasteiger partial charge on any atom is 0.272 e. The van der Waals surface area contributed by atoms with Gasteiger partial charge in [-0.2, -0.15) is 5.10 Å². The first-order valence-corrected chi connectivity index (χ1v) is 10.5. The highest BCUT2D eigenvalue weighted by Crippen LogP contribution is 2.33. The van der Waals surface area contributed by atoms with E-state index in [1.165, 1.54) is 19.3 Å². The van der Waals surface area contributed by atoms with E-state index in [9.17, 15) is 4.79 Å². The number of H-pyrrole nitrogens is 1. The predicted molar refractivity (Wildman–Crippen MR) is 109 cm³/mol. The fourth-order valence-electron chi connectivity index (χ4n) is 5.18. The van der Waals surface area contributed by atoms with Crippen LogP contribution in [0.25, 0.3) is 10.9 Å². The molecule has 3 atom stereocenters. The van der Waals surface area contributed by atoms with Crippen molar-refractivity contribution >= 4 is 22.5 Å². The van der Waals surface area contributed by atoms with E-state index in [1.807, 2.05) is 6.07 Å². The van der Waals surface area contributed by atoms with Crippen molar-refractivity contribution in [3.63, 3.8) is 0 Å². The van der Waals surface area contributed by atoms with Crippen LogP contribution in [-0.4, -0.2) is 72.5 Å². The van der Waals surface area contributed by atoms with Gasteiger partial charge in [-0.1, -0.05) is 6.42 Å². The number of nitrogens with one attached hydrogen (secondary N) is 2. The maximum absolute atomic E-state index is 13.0. The van der Waals surface area contributed by atoms with Crippen LogP contribution in [0.4, 0.5) is 5.69 Å². The third kappa shape index (κ3) is 3.26. The van der Waals surface area contributed by atoms with E-state index in [0.29, 0.717) is 17.8 Å². The third-order valence-corrected chi connectivity index (χ3v) is 6.81. The van der Waals surface area contributed by atoms with Gasteiger partial charge in [0.1, 0.15) is 0 Å². The van der Waals surface area contributed by atoms with Crippen molar-refractivity contribution in [2.75, 3.05) is 38.3 Å². The summed E-state index contributed by atoms with van der Waals surface area (Å²) in [5.74, 6) is -0.0574. The number of anilines is 1. The molecule has 7 heteroatoms. The Balaban J connectivity index is 1.34. The number of hydrogen-bond donors (Lipinski definition) is 2. The fraction of sp³-hybridized carbons (Fsp3) is 0.619. The lowest BCUT2D eigenvalue weighted by Crippen LogP contribution is -2.55. The second-order valence-corrected chi connectivity index (χ2v) is 8.45. The summed E-state index contributed by atoms with van der Waals surface area (Å²) in [4.78, 5) is 17.9. The zero-order valence-corrected chi connectivity index (χ0v) is 16.5. The van der Waals surface area contributed by atoms with Gasteiger partial charge in [0.05, 0.1) is 18.7 Å². The second-order valence-electron chi connectivity index (χ2n) is 8.45. The van der Waals surface area contributed by atoms with Crippen LogP contribution in [-0.2, 0) is 4.74 Å². The standard InChI is InChI=1S/C21H29N5O2/c1-25-15-3-2-4-16(25)12-14(11-15)22-21(27)20-18-13-17(5-6-19(18)23-24-20)26-7-9-28-10-8-26/h5-6,13-16H,2-4,7-12H2,1H3,(H,22,27)(H,23,24)/t14-,15+,16-. The Labute approximate surface area is 165 Å². The zero-order valence-electron chi connectivity index (χ0n) is 16.5. The molecule has 2 aromatic rings. The number of rotatable bonds is 3. The van der Waals surface area contributed by atoms with E-state index in [-0.39, 0.29) is 11.9 Å². The van der Waals surface area contributed by atoms with E-state index < -0.39 is 0 Å². The second kappa shape index (κ2) is 7.37. The van der Waals surface area contributed by atoms with Crippen LogP contribution in [0.5, 0.6) is 0 Å². The Hall–Kier alpha value is -2.12. The molecule has 0 saturated carbocycles. The fourth-order valence-corrected chi connectivity index (χ4v) is 5.18. The molecular weight excluding hydrogens is 354 g/mol. The number of hydrogen-bond acceptors (Lipinski definition) is 5. The number of carbonyl (C=O) groups excluding carboxylic acids is 1. The highest BCUT2D eigenvalue weighted by atomic mass is 16.5. The summed E-state index contributed by atoms with van der Waals surface area (Å²) in [6.45, 7) is 3.25. The van der Waals surface area contributed by atoms with Gasteiger partial charge in [-0.15, -0.1) is 0 Å². The molecule has 3 aliphatic rings. The molecule has 1 amide bonds. The first-order chi connectivity index (χ1) is 13.7. The molecule has 0 aliphatic carbocycles. The molecule has 28 heavy (non-hydrogen) atoms. The van der Waals surface area contributed by atoms with E-state index in [0.717, 1.165) is 55.7 Å². The zero-order chi connectivity index (χ0) is 19.1. The number of aromatic nitrogens is 2. The van der Waals surface area contributed by atoms with Crippen LogP contribution in [0.2, 0.25) is 0 Å². The highest BCUT2D eigenvalue weighted by Gasteiger charge is 2.36. The molecule has 0 spiro atoms. The number of amides is 1. The summed E-state index contributed by atoms with van der Waals surface area (Å²) in [5, 5.41) is 11.5. The molecular formula is C21H29N5O2. The van der Waals surface area contributed by atoms with Crippen LogP contribution in [0.1, 0.15) is 42.6 Å². The largest absolute Gasteiger partial charge is 0.378 e. The number of benzene rings is 1. The lowest BCUT2D eigenvalue weighted by Gasteiger charge is -2.47. The predicted octanol–water partition coefficient (Wildman–Crippen LogP) is 2.14. The monoisotopic (exact) mass is 383 g/mol. The molecule has 2 bridgehead atoms. The van der Waals surface area contributed by atoms with E-state index in [4.69, 9.17) is 4.74 Å². The van der Waals surface area contributed by atoms with Gasteiger partial charge < -0.3 is 19.9 Å². The number of ether oxygens (including phenoxy) is 1. The Morgan fingerprint density at radius 2 is 1.96 bits per heavy atom. The molecule has 3 fully saturated rings. The molecule has 7 nitrogen and oxygen atoms in total. The molecule has 3 aliphatic heterocycles. The van der Waals surface area contributed by atoms with Gasteiger partial charge in [-0.05, 0) is 50.9 Å². The average molecular weight is 383 g/mol. The van der Waals surface area contributed by atoms with Crippen molar-refractivity contribution in [2.45, 2.75) is 50.2 Å². The lowest BCUT2D eigenvalue weighted by atomic mass is 9.82. The Bertz CT molecular complexity index is 846. The Kier molecular flexibility index (Phi) is 4.72. The summed E-state index contributed by atoms with van der Waals surface area (Å²) in [5.41, 5.74) is 2.54. The van der Waals surface area contributed by atoms with Gasteiger partial charge >= 0.3 is 0 Å². The first kappa shape index (κ1) is 17.9. The summed E-state index contributed by atoms with van der Waals surface area (Å²) < 4.78 is 5.45. The molecule has 150 valence electrons. The highest BCUT2D eigenvalue weighted by molar-refractivity contribution is 6.05. The normalized spacial score (nSPS) is 28.5. The molecule has 0 radical (unpaired) electrons. The smallest absolute Gasteiger partial charge is 0.272 e. The van der Waals surface area contributed by atoms with Crippen LogP contribution in [0, 0.1) is 0 Å². The quantitative estimate of drug-likeness (QED) is 0.850. The van der Waals surface area contributed by atoms with Crippen molar-refractivity contribution in [2.24, 2.45) is 0 Å². The Morgan fingerprint density at radius 1 is 1.21 bits per heavy atom. The minimum absolute atomic E-state index is 0.0574. The minimum Gasteiger partial charge on any atom is -0.378 e. The first-order valence-electron chi connectivity index (χ1n) is 10.5. The number of carbonyl (C=O) groups is 1. The number of aromatic amines is 1. The summed E-state index contributed by atoms with van der Waals surface area (Å²) in [7, 11) is 2.24. The topological polar surface area (TPSA) is 73.5 Å². The molecule has 2 N–H and O–H groups in total. The molecule has 5 rings (SSSR count). The van der Waals surface area contributed by atoms with Crippen molar-refractivity contribution in [3.8, 4) is 0 Å². The molecule has 1 aromatic carbocycles. The third-order valence-electron chi connectivity index (χ3n) is 6.81. The SMILES string of the molecule is CN1[C@@H]2CCC[C@H]1C[C@@H](NC(=O)c1n[nH]c3ccc(N4CCOCC4)cc13)C2. The van der Waals surface area contributed by atoms with Gasteiger partial charge in [0.2, 0.25) is 0 Å². The molecule has 0 unspecified atom stereocenters. The van der Waals surface area contributed by atoms with Crippen LogP contribution in [0.3, 0.4) is 0 Å². The van der Waals surface area contributed by atoms with E-state index in [1.54, 1.807) is 0 Å². The maximum atomic E-state index is 13.0. The Morgan fingerprint density at radius 3 is 2.71 bits per heavy atom. The van der Waals surface area contributed by atoms with Gasteiger partial charge in [0.25, 0.3) is 5.91 Å². The van der Waals surface area contributed by atoms with Crippen molar-refractivity contribution in [3.05, 3.63) is 23.9 Å². The van der Waals surface area contributed by atoms with Crippen molar-refractivity contribution < 1.29 is 9.53 Å². The van der Waals surface area contributed by atoms with Gasteiger partial charge in [-0.3, -0.25) is 9.89 Å². The van der Waals surface area contributed by atoms with Crippen LogP contribution < -0.4 is 10.2 Å². The minimum atomic E-state index is -0.0574. The van der Waals surface area contributed by atoms with Crippen molar-refractivity contribution in [1.29, 1.82) is 0 Å².